The number of nitrogens with two attached hydrogens (primary N) is 1. The van der Waals surface area contributed by atoms with Crippen LogP contribution in [0, 0.1) is 58.7 Å². The molecule has 16 atom stereocenters. The van der Waals surface area contributed by atoms with Crippen molar-refractivity contribution in [3.05, 3.63) is 95.6 Å². The van der Waals surface area contributed by atoms with Crippen LogP contribution < -0.4 is 43.0 Å². The molecule has 0 spiro atoms. The molecule has 3 rings (SSSR count). The van der Waals surface area contributed by atoms with E-state index in [1.165, 1.54) is 48.5 Å². The molecule has 0 fully saturated rings. The van der Waals surface area contributed by atoms with Crippen LogP contribution >= 0.6 is 0 Å². The average molecular weight is 1720 g/mol. The van der Waals surface area contributed by atoms with E-state index in [-0.39, 0.29) is 54.7 Å². The number of carboxylic acids is 4. The normalized spacial score (nSPS) is 15.4. The Kier molecular flexibility index (Phi) is 45.0. The van der Waals surface area contributed by atoms with Crippen LogP contribution in [0.5, 0.6) is 11.5 Å². The number of aromatic hydroxyl groups is 2. The van der Waals surface area contributed by atoms with Gasteiger partial charge in [-0.2, -0.15) is 0 Å². The van der Waals surface area contributed by atoms with Crippen molar-refractivity contribution in [1.82, 2.24) is 37.2 Å². The fourth-order valence-corrected chi connectivity index (χ4v) is 13.5. The van der Waals surface area contributed by atoms with Crippen LogP contribution in [-0.2, 0) is 106 Å². The van der Waals surface area contributed by atoms with E-state index < -0.39 is 298 Å². The highest BCUT2D eigenvalue weighted by atomic mass is 16.4. The monoisotopic (exact) mass is 1710 g/mol. The summed E-state index contributed by atoms with van der Waals surface area (Å²) in [6, 6.07) is 10.4. The van der Waals surface area contributed by atoms with Crippen LogP contribution in [0.2, 0.25) is 0 Å². The lowest BCUT2D eigenvalue weighted by atomic mass is 9.82. The number of amides is 7. The van der Waals surface area contributed by atoms with E-state index in [0.29, 0.717) is 36.9 Å². The molecule has 0 aliphatic rings. The zero-order valence-corrected chi connectivity index (χ0v) is 70.5. The van der Waals surface area contributed by atoms with Crippen molar-refractivity contribution in [2.45, 2.75) is 233 Å². The molecule has 122 heavy (non-hydrogen) atoms. The summed E-state index contributed by atoms with van der Waals surface area (Å²) in [6.45, 7) is 10.3. The van der Waals surface area contributed by atoms with Gasteiger partial charge in [0, 0.05) is 69.2 Å². The Morgan fingerprint density at radius 3 is 1.33 bits per heavy atom. The van der Waals surface area contributed by atoms with E-state index in [9.17, 15) is 137 Å². The van der Waals surface area contributed by atoms with Crippen LogP contribution in [-0.4, -0.2) is 232 Å². The van der Waals surface area contributed by atoms with Gasteiger partial charge in [0.2, 0.25) is 41.4 Å². The van der Waals surface area contributed by atoms with Crippen LogP contribution in [0.4, 0.5) is 0 Å². The molecule has 3 aromatic rings. The van der Waals surface area contributed by atoms with Gasteiger partial charge in [-0.25, -0.2) is 0 Å². The standard InChI is InChI=1S/C86H122N8O28/c1-10-47(4)77(72(106)36-55(31-52-19-24-59(99)25-20-52)80(116)90-64(30-46(2)3)68(102)34-56(39-75(110)111)79(115)89-48(5)16-14-15-29-87)94-82(118)58(44-95)37-69(103)65(33-53-21-26-60(100)27-22-53)91-81(117)57(40-76(112)113)35-70(104)67(45-96)93-84(120)63(50(7)98)42-71(105)66(32-51-17-12-11-13-18-51)92-83(119)62(49(6)97)41-61(101)43-88-78(114)54(23-28-74(108)109)38-73(107)86(8,9)85(121)122/h11-13,17-22,24-27,46-50,54-58,62-67,77,95-100H,10,14-16,23,28-45,87H2,1-9H3,(H,88,114)(H,89,115)(H,90,116)(H,91,117)(H,92,119)(H,93,120)(H,94,118)(H,108,109)(H,110,111)(H,112,113)(H,121,122)/t47-,48+,49+,50+,54+,55+,56-,57-,58-,62-,63-,64-,65-,66-,67-,77-/m0/s1. The van der Waals surface area contributed by atoms with Gasteiger partial charge in [-0.05, 0) is 139 Å². The highest BCUT2D eigenvalue weighted by molar-refractivity contribution is 6.04. The SMILES string of the molecule is CC[C@H](C)[C@H](NC(=O)[C@H](CO)CC(=O)[C@H](Cc1ccc(O)cc1)NC(=O)[C@H](CC(=O)O)CC(=O)[C@H](CO)NC(=O)[C@@H](CC(=O)[C@H](Cc1ccccc1)NC(=O)[C@@H](CC(=O)CNC(=O)[C@H](CCC(=O)O)CC(=O)C(C)(C)C(=O)O)[C@@H](C)O)[C@@H](C)O)C(=O)C[C@@H](Cc1ccc(O)cc1)C(=O)N[C@@H](CC(C)C)C(=O)C[C@@H](CC(=O)O)C(=O)N[C@H](C)CCCCN. The third-order valence-corrected chi connectivity index (χ3v) is 21.4. The molecule has 0 heterocycles. The number of carboxylic acid groups (broad SMARTS) is 4. The van der Waals surface area contributed by atoms with Crippen molar-refractivity contribution in [3.8, 4) is 11.5 Å². The Morgan fingerprint density at radius 2 is 0.852 bits per heavy atom. The summed E-state index contributed by atoms with van der Waals surface area (Å²) in [5, 5.41) is 120. The molecule has 3 aromatic carbocycles. The van der Waals surface area contributed by atoms with Gasteiger partial charge >= 0.3 is 23.9 Å². The zero-order valence-electron chi connectivity index (χ0n) is 70.5. The predicted molar refractivity (Wildman–Crippen MR) is 438 cm³/mol. The smallest absolute Gasteiger partial charge is 0.316 e. The molecule has 0 radical (unpaired) electrons. The van der Waals surface area contributed by atoms with Gasteiger partial charge in [-0.15, -0.1) is 0 Å². The Hall–Kier alpha value is -11.1. The van der Waals surface area contributed by atoms with Gasteiger partial charge in [0.25, 0.3) is 0 Å². The molecule has 0 bridgehead atoms. The summed E-state index contributed by atoms with van der Waals surface area (Å²) in [4.78, 5) is 245. The number of benzene rings is 3. The lowest BCUT2D eigenvalue weighted by Gasteiger charge is -2.28. The third-order valence-electron chi connectivity index (χ3n) is 21.4. The molecular weight excluding hydrogens is 1590 g/mol. The summed E-state index contributed by atoms with van der Waals surface area (Å²) < 4.78 is 0. The van der Waals surface area contributed by atoms with Crippen molar-refractivity contribution >= 4 is 106 Å². The van der Waals surface area contributed by atoms with Crippen molar-refractivity contribution < 1.29 is 137 Å². The molecule has 0 saturated carbocycles. The molecule has 7 amide bonds. The first kappa shape index (κ1) is 105. The van der Waals surface area contributed by atoms with Gasteiger partial charge in [-0.1, -0.05) is 95.1 Å². The number of aliphatic hydroxyl groups is 4. The van der Waals surface area contributed by atoms with Crippen LogP contribution in [0.15, 0.2) is 78.9 Å². The first-order valence-electron chi connectivity index (χ1n) is 40.8. The fraction of sp³-hybridized carbons (Fsp3) is 0.581. The first-order chi connectivity index (χ1) is 57.2. The van der Waals surface area contributed by atoms with Crippen molar-refractivity contribution in [3.63, 3.8) is 0 Å². The van der Waals surface area contributed by atoms with Crippen LogP contribution in [0.1, 0.15) is 182 Å². The highest BCUT2D eigenvalue weighted by Crippen LogP contribution is 2.28. The summed E-state index contributed by atoms with van der Waals surface area (Å²) in [7, 11) is 0. The van der Waals surface area contributed by atoms with E-state index in [0.717, 1.165) is 27.7 Å². The zero-order chi connectivity index (χ0) is 92.0. The maximum Gasteiger partial charge on any atom is 0.316 e. The van der Waals surface area contributed by atoms with Crippen molar-refractivity contribution in [2.24, 2.45) is 64.4 Å². The number of rotatable bonds is 61. The van der Waals surface area contributed by atoms with Gasteiger partial charge < -0.3 is 94.0 Å². The lowest BCUT2D eigenvalue weighted by Crippen LogP contribution is -2.52. The molecular formula is C86H122N8O28. The second kappa shape index (κ2) is 52.3. The Morgan fingerprint density at radius 1 is 0.418 bits per heavy atom. The fourth-order valence-electron chi connectivity index (χ4n) is 13.5. The number of nitrogens with one attached hydrogen (secondary N) is 7. The van der Waals surface area contributed by atoms with E-state index in [1.807, 2.05) is 0 Å². The number of carbonyl (C=O) groups is 18. The summed E-state index contributed by atoms with van der Waals surface area (Å²) in [5.74, 6) is -31.7. The molecule has 0 saturated heterocycles. The van der Waals surface area contributed by atoms with Crippen molar-refractivity contribution in [2.75, 3.05) is 26.3 Å². The second-order valence-electron chi connectivity index (χ2n) is 32.4. The number of Topliss-reactive ketones (excluding diaryl/α,β-unsaturated/α-hetero) is 7. The lowest BCUT2D eigenvalue weighted by molar-refractivity contribution is -0.154. The largest absolute Gasteiger partial charge is 0.508 e. The number of carbonyl (C=O) groups excluding carboxylic acids is 14. The maximum atomic E-state index is 14.8. The van der Waals surface area contributed by atoms with Gasteiger partial charge in [-0.3, -0.25) is 86.3 Å². The molecule has 36 nitrogen and oxygen atoms in total. The Bertz CT molecular complexity index is 4080. The molecule has 674 valence electrons. The quantitative estimate of drug-likeness (QED) is 0.0284. The number of aliphatic carboxylic acids is 4. The third kappa shape index (κ3) is 36.7. The number of unbranched alkanes of at least 4 members (excludes halogenated alkanes) is 1. The summed E-state index contributed by atoms with van der Waals surface area (Å²) in [6.07, 6.45) is -10.6. The molecule has 0 aliphatic heterocycles. The number of aliphatic hydroxyl groups excluding tert-OH is 4. The maximum absolute atomic E-state index is 14.8. The number of hydrogen-bond acceptors (Lipinski definition) is 25. The average Bonchev–Trinajstić information content (AvgIpc) is 0.846. The van der Waals surface area contributed by atoms with E-state index >= 15 is 0 Å². The van der Waals surface area contributed by atoms with Crippen molar-refractivity contribution in [1.29, 1.82) is 0 Å². The van der Waals surface area contributed by atoms with Gasteiger partial charge in [0.05, 0.1) is 98.6 Å². The number of phenolic OH excluding ortho intramolecular Hbond substituents is 2. The molecule has 0 unspecified atom stereocenters. The van der Waals surface area contributed by atoms with E-state index in [4.69, 9.17) is 5.73 Å². The molecule has 0 aliphatic carbocycles. The minimum absolute atomic E-state index is 0.0255. The number of phenols is 2. The Labute approximate surface area is 707 Å². The van der Waals surface area contributed by atoms with Crippen LogP contribution in [0.3, 0.4) is 0 Å². The predicted octanol–water partition coefficient (Wildman–Crippen LogP) is 2.09. The van der Waals surface area contributed by atoms with E-state index in [1.54, 1.807) is 65.0 Å². The number of ketones is 7. The molecule has 0 aromatic heterocycles. The Balaban J connectivity index is 1.93. The summed E-state index contributed by atoms with van der Waals surface area (Å²) >= 11 is 0. The van der Waals surface area contributed by atoms with Gasteiger partial charge in [0.15, 0.2) is 34.7 Å². The minimum Gasteiger partial charge on any atom is -0.508 e. The molecule has 36 heteroatoms. The first-order valence-corrected chi connectivity index (χ1v) is 40.8. The van der Waals surface area contributed by atoms with Gasteiger partial charge in [0.1, 0.15) is 28.7 Å². The molecule has 19 N–H and O–H groups in total. The minimum atomic E-state index is -1.99. The highest BCUT2D eigenvalue weighted by Gasteiger charge is 2.42. The topological polar surface area (TPSA) is 620 Å². The number of hydrogen-bond donors (Lipinski definition) is 18. The van der Waals surface area contributed by atoms with Crippen LogP contribution in [0.25, 0.3) is 0 Å². The van der Waals surface area contributed by atoms with E-state index in [2.05, 4.69) is 37.2 Å². The second-order valence-corrected chi connectivity index (χ2v) is 32.4. The summed E-state index contributed by atoms with van der Waals surface area (Å²) in [5.41, 5.74) is 4.79.